The summed E-state index contributed by atoms with van der Waals surface area (Å²) < 4.78 is 10.7. The van der Waals surface area contributed by atoms with Gasteiger partial charge in [-0.15, -0.1) is 0 Å². The Morgan fingerprint density at radius 2 is 1.67 bits per heavy atom. The minimum Gasteiger partial charge on any atom is -0.497 e. The molecule has 5 nitrogen and oxygen atoms in total. The van der Waals surface area contributed by atoms with E-state index >= 15 is 0 Å². The summed E-state index contributed by atoms with van der Waals surface area (Å²) in [4.78, 5) is 19.2. The van der Waals surface area contributed by atoms with Gasteiger partial charge in [-0.2, -0.15) is 0 Å². The molecule has 0 aliphatic carbocycles. The highest BCUT2D eigenvalue weighted by molar-refractivity contribution is 6.05. The highest BCUT2D eigenvalue weighted by atomic mass is 16.5. The average molecular weight is 362 g/mol. The SMILES string of the molecule is CCOc1ccc(C(=O)N(Cc2ccc(OC)cc2)c2ccccn2)cc1. The van der Waals surface area contributed by atoms with Gasteiger partial charge in [0.15, 0.2) is 0 Å². The molecule has 3 rings (SSSR count). The number of methoxy groups -OCH3 is 1. The molecule has 3 aromatic rings. The topological polar surface area (TPSA) is 51.7 Å². The van der Waals surface area contributed by atoms with Crippen molar-refractivity contribution in [2.75, 3.05) is 18.6 Å². The van der Waals surface area contributed by atoms with Crippen molar-refractivity contribution >= 4 is 11.7 Å². The number of carbonyl (C=O) groups is 1. The van der Waals surface area contributed by atoms with E-state index in [9.17, 15) is 4.79 Å². The summed E-state index contributed by atoms with van der Waals surface area (Å²) in [6, 6.07) is 20.3. The van der Waals surface area contributed by atoms with E-state index in [1.165, 1.54) is 0 Å². The average Bonchev–Trinajstić information content (AvgIpc) is 2.73. The number of aromatic nitrogens is 1. The fraction of sp³-hybridized carbons (Fsp3) is 0.182. The van der Waals surface area contributed by atoms with Gasteiger partial charge in [0.25, 0.3) is 5.91 Å². The van der Waals surface area contributed by atoms with Crippen LogP contribution in [0, 0.1) is 0 Å². The smallest absolute Gasteiger partial charge is 0.259 e. The maximum atomic E-state index is 13.2. The van der Waals surface area contributed by atoms with E-state index in [1.807, 2.05) is 49.4 Å². The Bertz CT molecular complexity index is 862. The van der Waals surface area contributed by atoms with Crippen LogP contribution in [0.15, 0.2) is 72.9 Å². The molecule has 0 radical (unpaired) electrons. The Morgan fingerprint density at radius 1 is 0.963 bits per heavy atom. The first-order valence-corrected chi connectivity index (χ1v) is 8.80. The molecule has 1 heterocycles. The Kier molecular flexibility index (Phi) is 6.05. The summed E-state index contributed by atoms with van der Waals surface area (Å²) in [5.74, 6) is 2.01. The highest BCUT2D eigenvalue weighted by Gasteiger charge is 2.19. The van der Waals surface area contributed by atoms with Crippen molar-refractivity contribution in [2.24, 2.45) is 0 Å². The van der Waals surface area contributed by atoms with Gasteiger partial charge in [0, 0.05) is 11.8 Å². The third-order valence-electron chi connectivity index (χ3n) is 4.08. The maximum Gasteiger partial charge on any atom is 0.259 e. The number of ether oxygens (including phenoxy) is 2. The third kappa shape index (κ3) is 4.64. The minimum atomic E-state index is -0.118. The Balaban J connectivity index is 1.88. The quantitative estimate of drug-likeness (QED) is 0.627. The molecule has 0 unspecified atom stereocenters. The van der Waals surface area contributed by atoms with Crippen molar-refractivity contribution in [1.82, 2.24) is 4.98 Å². The van der Waals surface area contributed by atoms with Gasteiger partial charge in [-0.05, 0) is 61.0 Å². The first-order valence-electron chi connectivity index (χ1n) is 8.80. The number of hydrogen-bond donors (Lipinski definition) is 0. The van der Waals surface area contributed by atoms with E-state index in [0.717, 1.165) is 17.1 Å². The van der Waals surface area contributed by atoms with Crippen LogP contribution in [0.4, 0.5) is 5.82 Å². The molecule has 138 valence electrons. The van der Waals surface area contributed by atoms with Gasteiger partial charge in [-0.1, -0.05) is 18.2 Å². The molecular weight excluding hydrogens is 340 g/mol. The standard InChI is InChI=1S/C22H22N2O3/c1-3-27-20-13-9-18(10-14-20)22(25)24(21-6-4-5-15-23-21)16-17-7-11-19(26-2)12-8-17/h4-15H,3,16H2,1-2H3. The lowest BCUT2D eigenvalue weighted by molar-refractivity contribution is 0.0984. The molecule has 0 aliphatic rings. The van der Waals surface area contributed by atoms with Crippen molar-refractivity contribution in [3.8, 4) is 11.5 Å². The summed E-state index contributed by atoms with van der Waals surface area (Å²) in [7, 11) is 1.63. The highest BCUT2D eigenvalue weighted by Crippen LogP contribution is 2.21. The molecule has 1 aromatic heterocycles. The molecule has 5 heteroatoms. The number of carbonyl (C=O) groups excluding carboxylic acids is 1. The lowest BCUT2D eigenvalue weighted by Gasteiger charge is -2.22. The second kappa shape index (κ2) is 8.85. The second-order valence-corrected chi connectivity index (χ2v) is 5.88. The number of hydrogen-bond acceptors (Lipinski definition) is 4. The van der Waals surface area contributed by atoms with Gasteiger partial charge in [0.05, 0.1) is 20.3 Å². The van der Waals surface area contributed by atoms with E-state index in [-0.39, 0.29) is 5.91 Å². The molecule has 0 aliphatic heterocycles. The number of rotatable bonds is 7. The first-order chi connectivity index (χ1) is 13.2. The van der Waals surface area contributed by atoms with Crippen LogP contribution in [0.25, 0.3) is 0 Å². The number of pyridine rings is 1. The van der Waals surface area contributed by atoms with Gasteiger partial charge in [-0.3, -0.25) is 9.69 Å². The zero-order chi connectivity index (χ0) is 19.1. The Hall–Kier alpha value is -3.34. The van der Waals surface area contributed by atoms with Crippen LogP contribution >= 0.6 is 0 Å². The van der Waals surface area contributed by atoms with Crippen LogP contribution < -0.4 is 14.4 Å². The molecule has 0 saturated carbocycles. The Labute approximate surface area is 159 Å². The maximum absolute atomic E-state index is 13.2. The van der Waals surface area contributed by atoms with E-state index < -0.39 is 0 Å². The number of nitrogens with zero attached hydrogens (tertiary/aromatic N) is 2. The van der Waals surface area contributed by atoms with Crippen molar-refractivity contribution in [3.63, 3.8) is 0 Å². The van der Waals surface area contributed by atoms with Crippen LogP contribution in [0.5, 0.6) is 11.5 Å². The lowest BCUT2D eigenvalue weighted by atomic mass is 10.1. The predicted octanol–water partition coefficient (Wildman–Crippen LogP) is 4.34. The van der Waals surface area contributed by atoms with Gasteiger partial charge in [0.1, 0.15) is 17.3 Å². The Morgan fingerprint density at radius 3 is 2.26 bits per heavy atom. The zero-order valence-electron chi connectivity index (χ0n) is 15.5. The van der Waals surface area contributed by atoms with E-state index in [2.05, 4.69) is 4.98 Å². The van der Waals surface area contributed by atoms with Crippen LogP contribution in [0.3, 0.4) is 0 Å². The van der Waals surface area contributed by atoms with Crippen molar-refractivity contribution in [3.05, 3.63) is 84.1 Å². The van der Waals surface area contributed by atoms with Gasteiger partial charge in [0.2, 0.25) is 0 Å². The molecular formula is C22H22N2O3. The summed E-state index contributed by atoms with van der Waals surface area (Å²) in [5, 5.41) is 0. The lowest BCUT2D eigenvalue weighted by Crippen LogP contribution is -2.31. The predicted molar refractivity (Wildman–Crippen MR) is 105 cm³/mol. The van der Waals surface area contributed by atoms with E-state index in [1.54, 1.807) is 42.5 Å². The molecule has 0 spiro atoms. The van der Waals surface area contributed by atoms with E-state index in [4.69, 9.17) is 9.47 Å². The van der Waals surface area contributed by atoms with Crippen LogP contribution in [0.1, 0.15) is 22.8 Å². The van der Waals surface area contributed by atoms with Gasteiger partial charge < -0.3 is 9.47 Å². The zero-order valence-corrected chi connectivity index (χ0v) is 15.5. The van der Waals surface area contributed by atoms with E-state index in [0.29, 0.717) is 24.5 Å². The molecule has 2 aromatic carbocycles. The van der Waals surface area contributed by atoms with Crippen LogP contribution in [0.2, 0.25) is 0 Å². The summed E-state index contributed by atoms with van der Waals surface area (Å²) >= 11 is 0. The third-order valence-corrected chi connectivity index (χ3v) is 4.08. The minimum absolute atomic E-state index is 0.118. The molecule has 0 atom stereocenters. The van der Waals surface area contributed by atoms with Gasteiger partial charge >= 0.3 is 0 Å². The molecule has 0 bridgehead atoms. The number of anilines is 1. The largest absolute Gasteiger partial charge is 0.497 e. The fourth-order valence-corrected chi connectivity index (χ4v) is 2.70. The fourth-order valence-electron chi connectivity index (χ4n) is 2.70. The molecule has 0 fully saturated rings. The van der Waals surface area contributed by atoms with Crippen LogP contribution in [-0.2, 0) is 6.54 Å². The molecule has 27 heavy (non-hydrogen) atoms. The van der Waals surface area contributed by atoms with Crippen molar-refractivity contribution < 1.29 is 14.3 Å². The second-order valence-electron chi connectivity index (χ2n) is 5.88. The first kappa shape index (κ1) is 18.5. The van der Waals surface area contributed by atoms with Gasteiger partial charge in [-0.25, -0.2) is 4.98 Å². The monoisotopic (exact) mass is 362 g/mol. The molecule has 0 saturated heterocycles. The summed E-state index contributed by atoms with van der Waals surface area (Å²) in [6.45, 7) is 2.93. The summed E-state index contributed by atoms with van der Waals surface area (Å²) in [6.07, 6.45) is 1.68. The number of benzene rings is 2. The van der Waals surface area contributed by atoms with Crippen molar-refractivity contribution in [2.45, 2.75) is 13.5 Å². The number of amides is 1. The molecule has 1 amide bonds. The van der Waals surface area contributed by atoms with Crippen LogP contribution in [-0.4, -0.2) is 24.6 Å². The van der Waals surface area contributed by atoms with Crippen molar-refractivity contribution in [1.29, 1.82) is 0 Å². The molecule has 0 N–H and O–H groups in total. The normalized spacial score (nSPS) is 10.3. The summed E-state index contributed by atoms with van der Waals surface area (Å²) in [5.41, 5.74) is 1.57.